The van der Waals surface area contributed by atoms with Gasteiger partial charge in [-0.05, 0) is 88.3 Å². The Labute approximate surface area is 241 Å². The highest BCUT2D eigenvalue weighted by molar-refractivity contribution is 6.06. The van der Waals surface area contributed by atoms with Gasteiger partial charge in [-0.25, -0.2) is 4.79 Å². The van der Waals surface area contributed by atoms with Crippen LogP contribution in [0.5, 0.6) is 0 Å². The number of alkyl halides is 3. The van der Waals surface area contributed by atoms with Gasteiger partial charge in [0.15, 0.2) is 0 Å². The van der Waals surface area contributed by atoms with Crippen LogP contribution in [0, 0.1) is 0 Å². The summed E-state index contributed by atoms with van der Waals surface area (Å²) in [5.74, 6) is -0.0647. The summed E-state index contributed by atoms with van der Waals surface area (Å²) in [5.41, 5.74) is 2.43. The number of benzene rings is 2. The van der Waals surface area contributed by atoms with Crippen molar-refractivity contribution in [2.75, 3.05) is 0 Å². The van der Waals surface area contributed by atoms with E-state index in [-0.39, 0.29) is 24.5 Å². The number of carbonyl (C=O) groups excluding carboxylic acids is 2. The highest BCUT2D eigenvalue weighted by atomic mass is 19.4. The van der Waals surface area contributed by atoms with E-state index >= 15 is 0 Å². The van der Waals surface area contributed by atoms with Crippen LogP contribution < -0.4 is 0 Å². The number of rotatable bonds is 5. The average Bonchev–Trinajstić information content (AvgIpc) is 3.52. The fraction of sp³-hybridized carbons (Fsp3) is 0.419. The van der Waals surface area contributed by atoms with Crippen LogP contribution in [0.25, 0.3) is 10.9 Å². The first kappa shape index (κ1) is 28.0. The Morgan fingerprint density at radius 1 is 1.02 bits per heavy atom. The van der Waals surface area contributed by atoms with E-state index < -0.39 is 23.4 Å². The highest BCUT2D eigenvalue weighted by Gasteiger charge is 2.40. The molecule has 0 N–H and O–H groups in total. The normalized spacial score (nSPS) is 17.2. The zero-order chi connectivity index (χ0) is 29.8. The molecule has 1 unspecified atom stereocenters. The quantitative estimate of drug-likeness (QED) is 0.279. The van der Waals surface area contributed by atoms with E-state index in [0.717, 1.165) is 48.2 Å². The second kappa shape index (κ2) is 10.3. The maximum absolute atomic E-state index is 14.1. The van der Waals surface area contributed by atoms with E-state index in [2.05, 4.69) is 10.2 Å². The summed E-state index contributed by atoms with van der Waals surface area (Å²) in [7, 11) is 0. The van der Waals surface area contributed by atoms with Crippen LogP contribution in [0.3, 0.4) is 0 Å². The summed E-state index contributed by atoms with van der Waals surface area (Å²) in [4.78, 5) is 28.7. The Morgan fingerprint density at radius 2 is 1.76 bits per heavy atom. The van der Waals surface area contributed by atoms with Gasteiger partial charge < -0.3 is 9.64 Å². The van der Waals surface area contributed by atoms with E-state index in [4.69, 9.17) is 4.74 Å². The van der Waals surface area contributed by atoms with Gasteiger partial charge >= 0.3 is 12.3 Å². The summed E-state index contributed by atoms with van der Waals surface area (Å²) in [6, 6.07) is 10.6. The molecular formula is C31H32F3N5O3. The number of hydrogen-bond donors (Lipinski definition) is 0. The van der Waals surface area contributed by atoms with Crippen LogP contribution in [-0.2, 0) is 30.3 Å². The van der Waals surface area contributed by atoms with Crippen LogP contribution in [0.1, 0.15) is 72.8 Å². The highest BCUT2D eigenvalue weighted by Crippen LogP contribution is 2.36. The van der Waals surface area contributed by atoms with Crippen molar-refractivity contribution in [2.24, 2.45) is 0 Å². The molecule has 6 rings (SSSR count). The maximum Gasteiger partial charge on any atom is 0.435 e. The zero-order valence-corrected chi connectivity index (χ0v) is 23.7. The molecule has 4 aromatic rings. The minimum atomic E-state index is -4.39. The molecule has 0 radical (unpaired) electrons. The first-order chi connectivity index (χ1) is 19.9. The van der Waals surface area contributed by atoms with Gasteiger partial charge in [-0.15, -0.1) is 0 Å². The number of halogens is 3. The molecule has 0 bridgehead atoms. The largest absolute Gasteiger partial charge is 0.442 e. The minimum absolute atomic E-state index is 0.0359. The summed E-state index contributed by atoms with van der Waals surface area (Å²) in [5, 5.41) is 9.64. The van der Waals surface area contributed by atoms with Crippen LogP contribution in [0.2, 0.25) is 0 Å². The number of ether oxygens (including phenoxy) is 1. The summed E-state index contributed by atoms with van der Waals surface area (Å²) < 4.78 is 47.3. The van der Waals surface area contributed by atoms with Crippen molar-refractivity contribution >= 4 is 22.9 Å². The number of amides is 1. The second-order valence-corrected chi connectivity index (χ2v) is 12.1. The maximum atomic E-state index is 14.1. The van der Waals surface area contributed by atoms with Crippen LogP contribution in [-0.4, -0.2) is 54.1 Å². The molecule has 2 aromatic carbocycles. The number of carbonyl (C=O) groups is 2. The van der Waals surface area contributed by atoms with Crippen molar-refractivity contribution < 1.29 is 27.5 Å². The monoisotopic (exact) mass is 579 g/mol. The molecule has 2 aromatic heterocycles. The van der Waals surface area contributed by atoms with Crippen molar-refractivity contribution in [3.05, 3.63) is 82.8 Å². The molecule has 1 fully saturated rings. The molecule has 0 aliphatic heterocycles. The first-order valence-electron chi connectivity index (χ1n) is 14.1. The lowest BCUT2D eigenvalue weighted by molar-refractivity contribution is -0.137. The SMILES string of the molecule is CC(C)(C)OC(=O)n1cc2c(n1)CCC(N(C(=O)c1cccc3c1cnn3Cc1ccc(C(F)(F)F)cc1)C1CC1)C2. The Bertz CT molecular complexity index is 1640. The van der Waals surface area contributed by atoms with Crippen molar-refractivity contribution in [2.45, 2.75) is 83.3 Å². The van der Waals surface area contributed by atoms with Crippen molar-refractivity contribution in [1.82, 2.24) is 24.5 Å². The smallest absolute Gasteiger partial charge is 0.435 e. The third kappa shape index (κ3) is 5.64. The first-order valence-corrected chi connectivity index (χ1v) is 14.1. The lowest BCUT2D eigenvalue weighted by Crippen LogP contribution is -2.44. The molecular weight excluding hydrogens is 547 g/mol. The number of aryl methyl sites for hydroxylation is 1. The number of aromatic nitrogens is 4. The zero-order valence-electron chi connectivity index (χ0n) is 23.7. The second-order valence-electron chi connectivity index (χ2n) is 12.1. The van der Waals surface area contributed by atoms with E-state index in [1.54, 1.807) is 23.1 Å². The molecule has 1 saturated carbocycles. The summed E-state index contributed by atoms with van der Waals surface area (Å²) >= 11 is 0. The topological polar surface area (TPSA) is 82.2 Å². The number of hydrogen-bond acceptors (Lipinski definition) is 5. The minimum Gasteiger partial charge on any atom is -0.442 e. The van der Waals surface area contributed by atoms with Gasteiger partial charge in [-0.1, -0.05) is 18.2 Å². The van der Waals surface area contributed by atoms with Crippen molar-refractivity contribution in [1.29, 1.82) is 0 Å². The Kier molecular flexibility index (Phi) is 6.86. The number of nitrogens with zero attached hydrogens (tertiary/aromatic N) is 5. The van der Waals surface area contributed by atoms with Gasteiger partial charge in [0, 0.05) is 23.7 Å². The van der Waals surface area contributed by atoms with E-state index in [1.807, 2.05) is 37.8 Å². The molecule has 11 heteroatoms. The Morgan fingerprint density at radius 3 is 2.43 bits per heavy atom. The predicted molar refractivity (Wildman–Crippen MR) is 149 cm³/mol. The van der Waals surface area contributed by atoms with Gasteiger partial charge in [-0.3, -0.25) is 9.48 Å². The molecule has 2 aliphatic carbocycles. The molecule has 1 amide bonds. The van der Waals surface area contributed by atoms with Gasteiger partial charge in [0.2, 0.25) is 0 Å². The molecule has 220 valence electrons. The van der Waals surface area contributed by atoms with Gasteiger partial charge in [0.05, 0.1) is 35.1 Å². The number of fused-ring (bicyclic) bond motifs is 2. The Hall–Kier alpha value is -4.15. The Balaban J connectivity index is 1.23. The lowest BCUT2D eigenvalue weighted by atomic mass is 9.91. The summed E-state index contributed by atoms with van der Waals surface area (Å²) in [6.45, 7) is 5.70. The van der Waals surface area contributed by atoms with E-state index in [1.165, 1.54) is 16.8 Å². The fourth-order valence-corrected chi connectivity index (χ4v) is 5.63. The summed E-state index contributed by atoms with van der Waals surface area (Å²) in [6.07, 6.45) is 2.33. The van der Waals surface area contributed by atoms with Gasteiger partial charge in [0.25, 0.3) is 5.91 Å². The lowest BCUT2D eigenvalue weighted by Gasteiger charge is -2.34. The van der Waals surface area contributed by atoms with Gasteiger partial charge in [-0.2, -0.15) is 28.1 Å². The van der Waals surface area contributed by atoms with Gasteiger partial charge in [0.1, 0.15) is 5.60 Å². The predicted octanol–water partition coefficient (Wildman–Crippen LogP) is 6.25. The molecule has 2 heterocycles. The fourth-order valence-electron chi connectivity index (χ4n) is 5.63. The van der Waals surface area contributed by atoms with Crippen molar-refractivity contribution in [3.8, 4) is 0 Å². The molecule has 8 nitrogen and oxygen atoms in total. The molecule has 1 atom stereocenters. The molecule has 0 saturated heterocycles. The third-order valence-electron chi connectivity index (χ3n) is 7.73. The van der Waals surface area contributed by atoms with Crippen LogP contribution in [0.4, 0.5) is 18.0 Å². The third-order valence-corrected chi connectivity index (χ3v) is 7.73. The standard InChI is InChI=1S/C31H32F3N5O3/c1-30(2,3)42-29(41)38-18-20-15-23(13-14-26(20)36-38)39(22-11-12-22)28(40)24-5-4-6-27-25(24)16-35-37(27)17-19-7-9-21(10-8-19)31(32,33)34/h4-10,16,18,22-23H,11-15,17H2,1-3H3. The van der Waals surface area contributed by atoms with E-state index in [0.29, 0.717) is 29.4 Å². The molecule has 42 heavy (non-hydrogen) atoms. The van der Waals surface area contributed by atoms with Crippen LogP contribution in [0.15, 0.2) is 54.9 Å². The molecule has 0 spiro atoms. The van der Waals surface area contributed by atoms with E-state index in [9.17, 15) is 22.8 Å². The molecule has 2 aliphatic rings. The average molecular weight is 580 g/mol. The van der Waals surface area contributed by atoms with Crippen LogP contribution >= 0.6 is 0 Å². The van der Waals surface area contributed by atoms with Crippen molar-refractivity contribution in [3.63, 3.8) is 0 Å².